The number of hydrogen-bond donors (Lipinski definition) is 1. The van der Waals surface area contributed by atoms with Gasteiger partial charge in [-0.25, -0.2) is 0 Å². The molecule has 3 heterocycles. The number of nitrogens with zero attached hydrogens (tertiary/aromatic N) is 3. The Kier molecular flexibility index (Phi) is 4.44. The number of ether oxygens (including phenoxy) is 2. The van der Waals surface area contributed by atoms with Gasteiger partial charge in [-0.2, -0.15) is 0 Å². The standard InChI is InChI=1S/C17H20N4O3S/c1-11-16(25-20-19-11)17(22)21-6-2-3-13(10-21)18-12-4-5-14-15(9-12)24-8-7-23-14/h4-5,9,13,18H,2-3,6-8,10H2,1H3. The number of anilines is 1. The molecule has 1 amide bonds. The van der Waals surface area contributed by atoms with Crippen LogP contribution in [-0.2, 0) is 0 Å². The van der Waals surface area contributed by atoms with Gasteiger partial charge in [-0.15, -0.1) is 5.10 Å². The van der Waals surface area contributed by atoms with Crippen molar-refractivity contribution in [1.29, 1.82) is 0 Å². The summed E-state index contributed by atoms with van der Waals surface area (Å²) < 4.78 is 15.1. The lowest BCUT2D eigenvalue weighted by atomic mass is 10.0. The highest BCUT2D eigenvalue weighted by atomic mass is 32.1. The maximum absolute atomic E-state index is 12.7. The molecule has 4 rings (SSSR count). The fourth-order valence-electron chi connectivity index (χ4n) is 3.22. The Morgan fingerprint density at radius 3 is 2.96 bits per heavy atom. The lowest BCUT2D eigenvalue weighted by molar-refractivity contribution is 0.0719. The fraction of sp³-hybridized carbons (Fsp3) is 0.471. The molecule has 1 N–H and O–H groups in total. The molecule has 1 aromatic carbocycles. The van der Waals surface area contributed by atoms with Crippen molar-refractivity contribution < 1.29 is 14.3 Å². The molecule has 8 heteroatoms. The lowest BCUT2D eigenvalue weighted by Gasteiger charge is -2.33. The second-order valence-electron chi connectivity index (χ2n) is 6.28. The summed E-state index contributed by atoms with van der Waals surface area (Å²) >= 11 is 1.17. The fourth-order valence-corrected chi connectivity index (χ4v) is 3.84. The number of carbonyl (C=O) groups is 1. The van der Waals surface area contributed by atoms with Gasteiger partial charge in [-0.1, -0.05) is 4.49 Å². The molecule has 0 bridgehead atoms. The highest BCUT2D eigenvalue weighted by Gasteiger charge is 2.27. The molecular formula is C17H20N4O3S. The number of aryl methyl sites for hydroxylation is 1. The van der Waals surface area contributed by atoms with E-state index in [9.17, 15) is 4.79 Å². The van der Waals surface area contributed by atoms with Gasteiger partial charge in [0.2, 0.25) is 0 Å². The second kappa shape index (κ2) is 6.87. The molecule has 0 radical (unpaired) electrons. The van der Waals surface area contributed by atoms with Crippen LogP contribution in [0.25, 0.3) is 0 Å². The number of hydrogen-bond acceptors (Lipinski definition) is 7. The van der Waals surface area contributed by atoms with E-state index in [2.05, 4.69) is 14.9 Å². The van der Waals surface area contributed by atoms with Crippen molar-refractivity contribution in [3.05, 3.63) is 28.8 Å². The first-order valence-electron chi connectivity index (χ1n) is 8.45. The molecule has 1 saturated heterocycles. The average molecular weight is 360 g/mol. The van der Waals surface area contributed by atoms with Crippen LogP contribution in [0.1, 0.15) is 28.2 Å². The molecule has 7 nitrogen and oxygen atoms in total. The summed E-state index contributed by atoms with van der Waals surface area (Å²) in [7, 11) is 0. The molecule has 1 unspecified atom stereocenters. The summed E-state index contributed by atoms with van der Waals surface area (Å²) in [4.78, 5) is 15.2. The molecular weight excluding hydrogens is 340 g/mol. The molecule has 2 aliphatic heterocycles. The van der Waals surface area contributed by atoms with Crippen LogP contribution in [-0.4, -0.2) is 52.7 Å². The Hall–Kier alpha value is -2.35. The molecule has 1 aromatic heterocycles. The third-order valence-corrected chi connectivity index (χ3v) is 5.28. The normalized spacial score (nSPS) is 19.6. The first-order chi connectivity index (χ1) is 12.2. The average Bonchev–Trinajstić information content (AvgIpc) is 3.07. The second-order valence-corrected chi connectivity index (χ2v) is 7.03. The highest BCUT2D eigenvalue weighted by molar-refractivity contribution is 7.07. The van der Waals surface area contributed by atoms with Crippen molar-refractivity contribution in [2.75, 3.05) is 31.6 Å². The van der Waals surface area contributed by atoms with Crippen LogP contribution in [0.2, 0.25) is 0 Å². The van der Waals surface area contributed by atoms with Crippen molar-refractivity contribution in [2.24, 2.45) is 0 Å². The number of benzene rings is 1. The molecule has 2 aliphatic rings. The van der Waals surface area contributed by atoms with Crippen molar-refractivity contribution in [1.82, 2.24) is 14.5 Å². The van der Waals surface area contributed by atoms with Crippen molar-refractivity contribution in [2.45, 2.75) is 25.8 Å². The summed E-state index contributed by atoms with van der Waals surface area (Å²) in [5, 5.41) is 7.46. The smallest absolute Gasteiger partial charge is 0.267 e. The van der Waals surface area contributed by atoms with Gasteiger partial charge >= 0.3 is 0 Å². The molecule has 132 valence electrons. The largest absolute Gasteiger partial charge is 0.486 e. The number of fused-ring (bicyclic) bond motifs is 1. The minimum atomic E-state index is 0.0289. The third-order valence-electron chi connectivity index (χ3n) is 4.47. The summed E-state index contributed by atoms with van der Waals surface area (Å²) in [6, 6.07) is 6.09. The van der Waals surface area contributed by atoms with Crippen LogP contribution in [0.4, 0.5) is 5.69 Å². The zero-order chi connectivity index (χ0) is 17.2. The minimum Gasteiger partial charge on any atom is -0.486 e. The Morgan fingerprint density at radius 2 is 2.16 bits per heavy atom. The van der Waals surface area contributed by atoms with Gasteiger partial charge in [-0.05, 0) is 43.4 Å². The summed E-state index contributed by atoms with van der Waals surface area (Å²) in [5.74, 6) is 1.58. The van der Waals surface area contributed by atoms with Crippen LogP contribution in [0.15, 0.2) is 18.2 Å². The minimum absolute atomic E-state index is 0.0289. The van der Waals surface area contributed by atoms with Gasteiger partial charge < -0.3 is 19.7 Å². The predicted molar refractivity (Wildman–Crippen MR) is 94.6 cm³/mol. The zero-order valence-electron chi connectivity index (χ0n) is 14.0. The lowest BCUT2D eigenvalue weighted by Crippen LogP contribution is -2.45. The molecule has 2 aromatic rings. The SMILES string of the molecule is Cc1nnsc1C(=O)N1CCCC(Nc2ccc3c(c2)OCCO3)C1. The van der Waals surface area contributed by atoms with Gasteiger partial charge in [-0.3, -0.25) is 4.79 Å². The number of amides is 1. The summed E-state index contributed by atoms with van der Waals surface area (Å²) in [5.41, 5.74) is 1.69. The Labute approximate surface area is 150 Å². The molecule has 0 aliphatic carbocycles. The van der Waals surface area contributed by atoms with E-state index in [0.29, 0.717) is 30.3 Å². The van der Waals surface area contributed by atoms with Gasteiger partial charge in [0.1, 0.15) is 18.1 Å². The molecule has 1 atom stereocenters. The maximum Gasteiger partial charge on any atom is 0.267 e. The molecule has 0 spiro atoms. The molecule has 0 saturated carbocycles. The van der Waals surface area contributed by atoms with Crippen molar-refractivity contribution in [3.63, 3.8) is 0 Å². The van der Waals surface area contributed by atoms with Gasteiger partial charge in [0.05, 0.1) is 5.69 Å². The number of rotatable bonds is 3. The van der Waals surface area contributed by atoms with Crippen LogP contribution >= 0.6 is 11.5 Å². The summed E-state index contributed by atoms with van der Waals surface area (Å²) in [6.07, 6.45) is 2.00. The van der Waals surface area contributed by atoms with E-state index in [1.807, 2.05) is 30.0 Å². The Bertz CT molecular complexity index is 779. The number of piperidine rings is 1. The number of nitrogens with one attached hydrogen (secondary N) is 1. The van der Waals surface area contributed by atoms with Crippen LogP contribution < -0.4 is 14.8 Å². The van der Waals surface area contributed by atoms with E-state index in [1.54, 1.807) is 0 Å². The number of aromatic nitrogens is 2. The third kappa shape index (κ3) is 3.39. The number of likely N-dealkylation sites (tertiary alicyclic amines) is 1. The van der Waals surface area contributed by atoms with E-state index < -0.39 is 0 Å². The maximum atomic E-state index is 12.7. The van der Waals surface area contributed by atoms with E-state index >= 15 is 0 Å². The molecule has 1 fully saturated rings. The van der Waals surface area contributed by atoms with E-state index in [0.717, 1.165) is 36.6 Å². The van der Waals surface area contributed by atoms with Gasteiger partial charge in [0.25, 0.3) is 5.91 Å². The number of carbonyl (C=O) groups excluding carboxylic acids is 1. The summed E-state index contributed by atoms with van der Waals surface area (Å²) in [6.45, 7) is 4.43. The van der Waals surface area contributed by atoms with Gasteiger partial charge in [0.15, 0.2) is 11.5 Å². The Balaban J connectivity index is 1.43. The molecule has 25 heavy (non-hydrogen) atoms. The highest BCUT2D eigenvalue weighted by Crippen LogP contribution is 2.33. The topological polar surface area (TPSA) is 76.6 Å². The van der Waals surface area contributed by atoms with E-state index in [1.165, 1.54) is 11.5 Å². The Morgan fingerprint density at radius 1 is 1.32 bits per heavy atom. The monoisotopic (exact) mass is 360 g/mol. The zero-order valence-corrected chi connectivity index (χ0v) is 14.8. The van der Waals surface area contributed by atoms with Crippen molar-refractivity contribution in [3.8, 4) is 11.5 Å². The van der Waals surface area contributed by atoms with E-state index in [4.69, 9.17) is 9.47 Å². The van der Waals surface area contributed by atoms with Crippen LogP contribution in [0, 0.1) is 6.92 Å². The van der Waals surface area contributed by atoms with E-state index in [-0.39, 0.29) is 11.9 Å². The van der Waals surface area contributed by atoms with Gasteiger partial charge in [0, 0.05) is 30.9 Å². The quantitative estimate of drug-likeness (QED) is 0.905. The van der Waals surface area contributed by atoms with Crippen LogP contribution in [0.3, 0.4) is 0 Å². The first kappa shape index (κ1) is 16.1. The first-order valence-corrected chi connectivity index (χ1v) is 9.22. The predicted octanol–water partition coefficient (Wildman–Crippen LogP) is 2.33. The van der Waals surface area contributed by atoms with Crippen molar-refractivity contribution >= 4 is 23.1 Å². The van der Waals surface area contributed by atoms with Crippen LogP contribution in [0.5, 0.6) is 11.5 Å².